The number of thioether (sulfide) groups is 1. The van der Waals surface area contributed by atoms with Gasteiger partial charge in [0.15, 0.2) is 0 Å². The molecular weight excluding hydrogens is 276 g/mol. The Morgan fingerprint density at radius 3 is 2.75 bits per heavy atom. The van der Waals surface area contributed by atoms with Gasteiger partial charge < -0.3 is 14.9 Å². The number of carbonyl (C=O) groups excluding carboxylic acids is 1. The maximum Gasteiger partial charge on any atom is 0.327 e. The van der Waals surface area contributed by atoms with Crippen molar-refractivity contribution in [2.24, 2.45) is 17.8 Å². The third-order valence-electron chi connectivity index (χ3n) is 5.13. The minimum atomic E-state index is -0.892. The summed E-state index contributed by atoms with van der Waals surface area (Å²) in [7, 11) is 1.82. The van der Waals surface area contributed by atoms with Crippen LogP contribution >= 0.6 is 11.8 Å². The Morgan fingerprint density at radius 1 is 1.35 bits per heavy atom. The Kier molecular flexibility index (Phi) is 3.84. The molecule has 1 aliphatic heterocycles. The normalized spacial score (nSPS) is 35.5. The van der Waals surface area contributed by atoms with Gasteiger partial charge >= 0.3 is 12.0 Å². The third kappa shape index (κ3) is 2.50. The minimum absolute atomic E-state index is 0.120. The van der Waals surface area contributed by atoms with Crippen molar-refractivity contribution in [3.05, 3.63) is 0 Å². The molecule has 1 saturated heterocycles. The fraction of sp³-hybridized carbons (Fsp3) is 0.857. The molecule has 4 unspecified atom stereocenters. The van der Waals surface area contributed by atoms with Crippen LogP contribution in [0.25, 0.3) is 0 Å². The third-order valence-corrected chi connectivity index (χ3v) is 6.14. The smallest absolute Gasteiger partial charge is 0.327 e. The lowest BCUT2D eigenvalue weighted by Gasteiger charge is -2.31. The van der Waals surface area contributed by atoms with Gasteiger partial charge in [-0.3, -0.25) is 0 Å². The van der Waals surface area contributed by atoms with E-state index in [-0.39, 0.29) is 6.03 Å². The van der Waals surface area contributed by atoms with Gasteiger partial charge in [-0.1, -0.05) is 6.42 Å². The van der Waals surface area contributed by atoms with Crippen LogP contribution in [0.1, 0.15) is 25.7 Å². The lowest BCUT2D eigenvalue weighted by atomic mass is 9.88. The number of hydrogen-bond donors (Lipinski definition) is 1. The first-order chi connectivity index (χ1) is 9.56. The first-order valence-corrected chi connectivity index (χ1v) is 8.54. The van der Waals surface area contributed by atoms with Crippen LogP contribution in [-0.4, -0.2) is 58.2 Å². The van der Waals surface area contributed by atoms with Crippen LogP contribution in [0, 0.1) is 17.8 Å². The maximum atomic E-state index is 12.4. The molecule has 0 aromatic rings. The summed E-state index contributed by atoms with van der Waals surface area (Å²) in [6, 6.07) is -0.778. The molecular formula is C14H22N2O3S. The number of rotatable bonds is 3. The molecule has 4 atom stereocenters. The van der Waals surface area contributed by atoms with Gasteiger partial charge in [0, 0.05) is 19.3 Å². The van der Waals surface area contributed by atoms with Crippen LogP contribution in [0.4, 0.5) is 4.79 Å². The fourth-order valence-electron chi connectivity index (χ4n) is 4.08. The van der Waals surface area contributed by atoms with E-state index in [4.69, 9.17) is 5.11 Å². The number of urea groups is 1. The second kappa shape index (κ2) is 5.47. The Hall–Kier alpha value is -0.910. The monoisotopic (exact) mass is 298 g/mol. The van der Waals surface area contributed by atoms with E-state index < -0.39 is 12.0 Å². The molecule has 3 fully saturated rings. The molecule has 0 spiro atoms. The summed E-state index contributed by atoms with van der Waals surface area (Å²) >= 11 is 1.52. The predicted molar refractivity (Wildman–Crippen MR) is 77.6 cm³/mol. The highest BCUT2D eigenvalue weighted by Crippen LogP contribution is 2.48. The highest BCUT2D eigenvalue weighted by Gasteiger charge is 2.41. The number of carboxylic acids is 1. The zero-order valence-electron chi connectivity index (χ0n) is 11.8. The van der Waals surface area contributed by atoms with Crippen molar-refractivity contribution >= 4 is 23.8 Å². The van der Waals surface area contributed by atoms with Gasteiger partial charge in [0.1, 0.15) is 6.04 Å². The second-order valence-electron chi connectivity index (χ2n) is 6.42. The topological polar surface area (TPSA) is 60.9 Å². The minimum Gasteiger partial charge on any atom is -0.480 e. The lowest BCUT2D eigenvalue weighted by molar-refractivity contribution is -0.140. The molecule has 2 amide bonds. The highest BCUT2D eigenvalue weighted by molar-refractivity contribution is 7.99. The Labute approximate surface area is 123 Å². The molecule has 112 valence electrons. The standard InChI is InChI=1S/C14H22N2O3S/c1-15(6-11-5-9-2-3-10(11)4-9)14(19)16-8-20-7-12(16)13(17)18/h9-12H,2-8H2,1H3,(H,17,18). The molecule has 0 aromatic carbocycles. The predicted octanol–water partition coefficient (Wildman–Crippen LogP) is 1.93. The van der Waals surface area contributed by atoms with E-state index in [2.05, 4.69) is 0 Å². The average Bonchev–Trinajstić information content (AvgIpc) is 3.13. The number of aliphatic carboxylic acids is 1. The largest absolute Gasteiger partial charge is 0.480 e. The number of carboxylic acid groups (broad SMARTS) is 1. The summed E-state index contributed by atoms with van der Waals surface area (Å²) in [5, 5.41) is 9.16. The van der Waals surface area contributed by atoms with Crippen molar-refractivity contribution < 1.29 is 14.7 Å². The molecule has 2 bridgehead atoms. The van der Waals surface area contributed by atoms with Crippen LogP contribution in [-0.2, 0) is 4.79 Å². The zero-order chi connectivity index (χ0) is 14.3. The van der Waals surface area contributed by atoms with E-state index >= 15 is 0 Å². The highest BCUT2D eigenvalue weighted by atomic mass is 32.2. The summed E-state index contributed by atoms with van der Waals surface area (Å²) in [5.41, 5.74) is 0. The van der Waals surface area contributed by atoms with Crippen LogP contribution in [0.5, 0.6) is 0 Å². The number of fused-ring (bicyclic) bond motifs is 2. The molecule has 0 aromatic heterocycles. The van der Waals surface area contributed by atoms with Crippen molar-refractivity contribution in [1.29, 1.82) is 0 Å². The SMILES string of the molecule is CN(CC1CC2CCC1C2)C(=O)N1CSCC1C(=O)O. The zero-order valence-corrected chi connectivity index (χ0v) is 12.6. The van der Waals surface area contributed by atoms with Gasteiger partial charge in [0.2, 0.25) is 0 Å². The van der Waals surface area contributed by atoms with Crippen molar-refractivity contribution in [2.45, 2.75) is 31.7 Å². The van der Waals surface area contributed by atoms with Crippen LogP contribution in [0.2, 0.25) is 0 Å². The van der Waals surface area contributed by atoms with Gasteiger partial charge in [0.25, 0.3) is 0 Å². The molecule has 3 rings (SSSR count). The molecule has 20 heavy (non-hydrogen) atoms. The van der Waals surface area contributed by atoms with E-state index in [1.165, 1.54) is 42.3 Å². The van der Waals surface area contributed by atoms with E-state index in [0.29, 0.717) is 17.5 Å². The molecule has 1 N–H and O–H groups in total. The quantitative estimate of drug-likeness (QED) is 0.865. The molecule has 2 saturated carbocycles. The molecule has 1 heterocycles. The van der Waals surface area contributed by atoms with Crippen LogP contribution in [0.3, 0.4) is 0 Å². The van der Waals surface area contributed by atoms with Crippen molar-refractivity contribution in [2.75, 3.05) is 25.2 Å². The van der Waals surface area contributed by atoms with Gasteiger partial charge in [-0.25, -0.2) is 9.59 Å². The molecule has 0 radical (unpaired) electrons. The van der Waals surface area contributed by atoms with E-state index in [1.807, 2.05) is 7.05 Å². The summed E-state index contributed by atoms with van der Waals surface area (Å²) in [6.07, 6.45) is 5.26. The number of nitrogens with zero attached hydrogens (tertiary/aromatic N) is 2. The summed E-state index contributed by atoms with van der Waals surface area (Å²) in [4.78, 5) is 26.8. The number of hydrogen-bond acceptors (Lipinski definition) is 3. The summed E-state index contributed by atoms with van der Waals surface area (Å²) in [6.45, 7) is 0.785. The lowest BCUT2D eigenvalue weighted by Crippen LogP contribution is -2.48. The number of carbonyl (C=O) groups is 2. The maximum absolute atomic E-state index is 12.4. The van der Waals surface area contributed by atoms with Gasteiger partial charge in [-0.05, 0) is 37.0 Å². The van der Waals surface area contributed by atoms with Crippen molar-refractivity contribution in [3.63, 3.8) is 0 Å². The Morgan fingerprint density at radius 2 is 2.15 bits per heavy atom. The van der Waals surface area contributed by atoms with E-state index in [0.717, 1.165) is 18.4 Å². The second-order valence-corrected chi connectivity index (χ2v) is 7.42. The first kappa shape index (κ1) is 14.0. The van der Waals surface area contributed by atoms with Gasteiger partial charge in [-0.2, -0.15) is 0 Å². The van der Waals surface area contributed by atoms with Crippen molar-refractivity contribution in [1.82, 2.24) is 9.80 Å². The molecule has 5 nitrogen and oxygen atoms in total. The van der Waals surface area contributed by atoms with E-state index in [9.17, 15) is 9.59 Å². The Balaban J connectivity index is 1.58. The molecule has 3 aliphatic rings. The summed E-state index contributed by atoms with van der Waals surface area (Å²) < 4.78 is 0. The van der Waals surface area contributed by atoms with Crippen LogP contribution in [0.15, 0.2) is 0 Å². The van der Waals surface area contributed by atoms with Gasteiger partial charge in [0.05, 0.1) is 5.88 Å². The molecule has 6 heteroatoms. The van der Waals surface area contributed by atoms with E-state index in [1.54, 1.807) is 4.90 Å². The fourth-order valence-corrected chi connectivity index (χ4v) is 5.22. The number of amides is 2. The van der Waals surface area contributed by atoms with Gasteiger partial charge in [-0.15, -0.1) is 11.8 Å². The van der Waals surface area contributed by atoms with Crippen LogP contribution < -0.4 is 0 Å². The summed E-state index contributed by atoms with van der Waals surface area (Å²) in [5.74, 6) is 2.40. The van der Waals surface area contributed by atoms with Crippen molar-refractivity contribution in [3.8, 4) is 0 Å². The molecule has 2 aliphatic carbocycles. The Bertz CT molecular complexity index is 417. The first-order valence-electron chi connectivity index (χ1n) is 7.38. The average molecular weight is 298 g/mol.